The Morgan fingerprint density at radius 3 is 1.94 bits per heavy atom. The predicted octanol–water partition coefficient (Wildman–Crippen LogP) is 7.88. The predicted molar refractivity (Wildman–Crippen MR) is 135 cm³/mol. The first-order valence-corrected chi connectivity index (χ1v) is 11.0. The molecule has 7 aromatic rings. The number of hydrogen-bond donors (Lipinski definition) is 0. The van der Waals surface area contributed by atoms with Gasteiger partial charge >= 0.3 is 0 Å². The highest BCUT2D eigenvalue weighted by Crippen LogP contribution is 2.40. The Labute approximate surface area is 185 Å². The van der Waals surface area contributed by atoms with Gasteiger partial charge in [0, 0.05) is 33.7 Å². The van der Waals surface area contributed by atoms with E-state index in [0.717, 1.165) is 0 Å². The minimum atomic E-state index is 1.18. The topological polar surface area (TPSA) is 9.86 Å². The van der Waals surface area contributed by atoms with E-state index in [9.17, 15) is 0 Å². The summed E-state index contributed by atoms with van der Waals surface area (Å²) >= 11 is 0. The van der Waals surface area contributed by atoms with Gasteiger partial charge in [0.2, 0.25) is 0 Å². The number of hydrogen-bond acceptors (Lipinski definition) is 0. The molecule has 0 aliphatic heterocycles. The third-order valence-corrected chi connectivity index (χ3v) is 6.53. The molecule has 32 heavy (non-hydrogen) atoms. The molecule has 0 aliphatic rings. The molecule has 5 aromatic carbocycles. The smallest absolute Gasteiger partial charge is 0.0635 e. The molecule has 150 valence electrons. The number of nitrogens with zero attached hydrogens (tertiary/aromatic N) is 2. The van der Waals surface area contributed by atoms with Crippen LogP contribution in [0.25, 0.3) is 54.9 Å². The Kier molecular flexibility index (Phi) is 3.58. The van der Waals surface area contributed by atoms with Gasteiger partial charge in [-0.1, -0.05) is 72.8 Å². The van der Waals surface area contributed by atoms with Gasteiger partial charge in [0.25, 0.3) is 0 Å². The number of rotatable bonds is 2. The Balaban J connectivity index is 1.70. The molecule has 2 heterocycles. The molecule has 0 bridgehead atoms. The molecule has 0 spiro atoms. The van der Waals surface area contributed by atoms with Gasteiger partial charge in [-0.25, -0.2) is 0 Å². The second-order valence-electron chi connectivity index (χ2n) is 8.27. The van der Waals surface area contributed by atoms with Gasteiger partial charge < -0.3 is 9.13 Å². The summed E-state index contributed by atoms with van der Waals surface area (Å²) < 4.78 is 4.70. The molecular weight excluding hydrogens is 388 g/mol. The highest BCUT2D eigenvalue weighted by Gasteiger charge is 2.18. The second-order valence-corrected chi connectivity index (χ2v) is 8.27. The van der Waals surface area contributed by atoms with Crippen molar-refractivity contribution in [1.82, 2.24) is 9.13 Å². The Bertz CT molecular complexity index is 1750. The third kappa shape index (κ3) is 2.35. The molecule has 0 atom stereocenters. The van der Waals surface area contributed by atoms with Crippen molar-refractivity contribution in [2.75, 3.05) is 0 Å². The standard InChI is InChI=1S/C30H20N2/c1-3-10-22(11-4-1)31-20-19-25-27(31)18-16-26-29-24-14-8-7-9-21(24)15-17-28(29)32(30(25)26)23-12-5-2-6-13-23/h1-20H. The summed E-state index contributed by atoms with van der Waals surface area (Å²) in [6.07, 6.45) is 2.19. The molecule has 2 nitrogen and oxygen atoms in total. The van der Waals surface area contributed by atoms with Crippen molar-refractivity contribution < 1.29 is 0 Å². The van der Waals surface area contributed by atoms with Crippen LogP contribution in [0.15, 0.2) is 121 Å². The lowest BCUT2D eigenvalue weighted by Gasteiger charge is -2.09. The van der Waals surface area contributed by atoms with Crippen LogP contribution < -0.4 is 0 Å². The monoisotopic (exact) mass is 408 g/mol. The average molecular weight is 409 g/mol. The molecule has 0 unspecified atom stereocenters. The van der Waals surface area contributed by atoms with Crippen LogP contribution in [-0.2, 0) is 0 Å². The van der Waals surface area contributed by atoms with Crippen molar-refractivity contribution in [1.29, 1.82) is 0 Å². The summed E-state index contributed by atoms with van der Waals surface area (Å²) in [5, 5.41) is 6.44. The zero-order chi connectivity index (χ0) is 21.1. The Hall–Kier alpha value is -4.30. The first-order valence-electron chi connectivity index (χ1n) is 11.0. The Morgan fingerprint density at radius 1 is 0.438 bits per heavy atom. The van der Waals surface area contributed by atoms with Gasteiger partial charge in [-0.2, -0.15) is 0 Å². The van der Waals surface area contributed by atoms with Crippen LogP contribution in [-0.4, -0.2) is 9.13 Å². The summed E-state index contributed by atoms with van der Waals surface area (Å²) in [6, 6.07) is 41.3. The molecular formula is C30H20N2. The maximum atomic E-state index is 2.43. The molecule has 0 amide bonds. The van der Waals surface area contributed by atoms with Crippen LogP contribution in [0.5, 0.6) is 0 Å². The summed E-state index contributed by atoms with van der Waals surface area (Å²) in [5.41, 5.74) is 6.07. The summed E-state index contributed by atoms with van der Waals surface area (Å²) in [7, 11) is 0. The second kappa shape index (κ2) is 6.60. The van der Waals surface area contributed by atoms with Gasteiger partial charge in [-0.3, -0.25) is 0 Å². The quantitative estimate of drug-likeness (QED) is 0.275. The molecule has 7 rings (SSSR count). The fourth-order valence-electron chi connectivity index (χ4n) is 5.15. The average Bonchev–Trinajstić information content (AvgIpc) is 3.44. The maximum Gasteiger partial charge on any atom is 0.0635 e. The first kappa shape index (κ1) is 17.4. The lowest BCUT2D eigenvalue weighted by Crippen LogP contribution is -1.94. The van der Waals surface area contributed by atoms with Crippen molar-refractivity contribution in [3.05, 3.63) is 121 Å². The first-order chi connectivity index (χ1) is 15.9. The van der Waals surface area contributed by atoms with Crippen molar-refractivity contribution in [2.45, 2.75) is 0 Å². The van der Waals surface area contributed by atoms with Gasteiger partial charge in [-0.15, -0.1) is 0 Å². The zero-order valence-electron chi connectivity index (χ0n) is 17.4. The van der Waals surface area contributed by atoms with E-state index in [4.69, 9.17) is 0 Å². The van der Waals surface area contributed by atoms with Crippen molar-refractivity contribution in [3.8, 4) is 11.4 Å². The molecule has 0 radical (unpaired) electrons. The van der Waals surface area contributed by atoms with Crippen molar-refractivity contribution >= 4 is 43.5 Å². The van der Waals surface area contributed by atoms with E-state index in [-0.39, 0.29) is 0 Å². The van der Waals surface area contributed by atoms with E-state index in [1.54, 1.807) is 0 Å². The van der Waals surface area contributed by atoms with E-state index in [1.165, 1.54) is 54.9 Å². The Morgan fingerprint density at radius 2 is 1.12 bits per heavy atom. The van der Waals surface area contributed by atoms with Gasteiger partial charge in [0.1, 0.15) is 0 Å². The number of aromatic nitrogens is 2. The molecule has 0 saturated carbocycles. The van der Waals surface area contributed by atoms with Crippen LogP contribution in [0.1, 0.15) is 0 Å². The molecule has 2 aromatic heterocycles. The number of benzene rings is 5. The SMILES string of the molecule is c1ccc(-n2ccc3c2ccc2c4c5ccccc5ccc4n(-c4ccccc4)c23)cc1. The van der Waals surface area contributed by atoms with E-state index in [0.29, 0.717) is 0 Å². The number of para-hydroxylation sites is 2. The zero-order valence-corrected chi connectivity index (χ0v) is 17.4. The molecule has 0 N–H and O–H groups in total. The van der Waals surface area contributed by atoms with Gasteiger partial charge in [0.15, 0.2) is 0 Å². The van der Waals surface area contributed by atoms with E-state index in [2.05, 4.69) is 131 Å². The van der Waals surface area contributed by atoms with Crippen molar-refractivity contribution in [2.24, 2.45) is 0 Å². The lowest BCUT2D eigenvalue weighted by atomic mass is 10.0. The van der Waals surface area contributed by atoms with E-state index in [1.807, 2.05) is 0 Å². The van der Waals surface area contributed by atoms with Gasteiger partial charge in [0.05, 0.1) is 16.6 Å². The van der Waals surface area contributed by atoms with Crippen LogP contribution in [0.2, 0.25) is 0 Å². The highest BCUT2D eigenvalue weighted by atomic mass is 15.0. The third-order valence-electron chi connectivity index (χ3n) is 6.53. The summed E-state index contributed by atoms with van der Waals surface area (Å²) in [6.45, 7) is 0. The van der Waals surface area contributed by atoms with Crippen LogP contribution in [0.3, 0.4) is 0 Å². The minimum absolute atomic E-state index is 1.18. The molecule has 0 saturated heterocycles. The minimum Gasteiger partial charge on any atom is -0.316 e. The summed E-state index contributed by atoms with van der Waals surface area (Å²) in [4.78, 5) is 0. The largest absolute Gasteiger partial charge is 0.316 e. The van der Waals surface area contributed by atoms with E-state index < -0.39 is 0 Å². The lowest BCUT2D eigenvalue weighted by molar-refractivity contribution is 1.13. The van der Waals surface area contributed by atoms with Gasteiger partial charge in [-0.05, 0) is 53.2 Å². The van der Waals surface area contributed by atoms with Crippen LogP contribution >= 0.6 is 0 Å². The van der Waals surface area contributed by atoms with Crippen molar-refractivity contribution in [3.63, 3.8) is 0 Å². The molecule has 0 fully saturated rings. The maximum absolute atomic E-state index is 2.43. The summed E-state index contributed by atoms with van der Waals surface area (Å²) in [5.74, 6) is 0. The van der Waals surface area contributed by atoms with E-state index >= 15 is 0 Å². The number of fused-ring (bicyclic) bond motifs is 7. The highest BCUT2D eigenvalue weighted by molar-refractivity contribution is 6.25. The van der Waals surface area contributed by atoms with Crippen LogP contribution in [0.4, 0.5) is 0 Å². The fraction of sp³-hybridized carbons (Fsp3) is 0. The molecule has 2 heteroatoms. The molecule has 0 aliphatic carbocycles. The fourth-order valence-corrected chi connectivity index (χ4v) is 5.15. The van der Waals surface area contributed by atoms with Crippen LogP contribution in [0, 0.1) is 0 Å². The normalized spacial score (nSPS) is 11.8.